The van der Waals surface area contributed by atoms with Crippen LogP contribution in [0, 0.1) is 10.1 Å². The number of nitro groups is 1. The predicted molar refractivity (Wildman–Crippen MR) is 104 cm³/mol. The quantitative estimate of drug-likeness (QED) is 0.555. The standard InChI is InChI=1S/C21H17N3O3/c25-21(16-10-12-17(13-11-16)24(26)27)23-14-19(15-6-2-1-3-7-15)22-18-8-4-5-9-20(18)23/h1-13,19,22H,14H2. The molecule has 6 nitrogen and oxygen atoms in total. The summed E-state index contributed by atoms with van der Waals surface area (Å²) in [6, 6.07) is 23.3. The summed E-state index contributed by atoms with van der Waals surface area (Å²) in [5, 5.41) is 14.3. The fraction of sp³-hybridized carbons (Fsp3) is 0.0952. The lowest BCUT2D eigenvalue weighted by Gasteiger charge is -2.36. The van der Waals surface area contributed by atoms with Crippen LogP contribution in [0.1, 0.15) is 22.0 Å². The highest BCUT2D eigenvalue weighted by molar-refractivity contribution is 6.08. The van der Waals surface area contributed by atoms with E-state index in [4.69, 9.17) is 0 Å². The van der Waals surface area contributed by atoms with Gasteiger partial charge < -0.3 is 10.2 Å². The first kappa shape index (κ1) is 16.8. The Morgan fingerprint density at radius 1 is 0.963 bits per heavy atom. The van der Waals surface area contributed by atoms with Gasteiger partial charge in [0.05, 0.1) is 28.9 Å². The van der Waals surface area contributed by atoms with E-state index >= 15 is 0 Å². The fourth-order valence-corrected chi connectivity index (χ4v) is 3.29. The third-order valence-corrected chi connectivity index (χ3v) is 4.66. The Morgan fingerprint density at radius 2 is 1.63 bits per heavy atom. The first-order valence-electron chi connectivity index (χ1n) is 8.60. The molecule has 0 fully saturated rings. The number of nitrogens with one attached hydrogen (secondary N) is 1. The minimum atomic E-state index is -0.472. The van der Waals surface area contributed by atoms with Gasteiger partial charge in [-0.25, -0.2) is 0 Å². The number of carbonyl (C=O) groups excluding carboxylic acids is 1. The zero-order chi connectivity index (χ0) is 18.8. The van der Waals surface area contributed by atoms with Gasteiger partial charge in [0, 0.05) is 17.7 Å². The van der Waals surface area contributed by atoms with E-state index in [0.717, 1.165) is 16.9 Å². The van der Waals surface area contributed by atoms with Crippen molar-refractivity contribution in [3.05, 3.63) is 100 Å². The molecule has 134 valence electrons. The second-order valence-corrected chi connectivity index (χ2v) is 6.34. The van der Waals surface area contributed by atoms with Crippen molar-refractivity contribution in [3.8, 4) is 0 Å². The van der Waals surface area contributed by atoms with Gasteiger partial charge in [-0.3, -0.25) is 14.9 Å². The van der Waals surface area contributed by atoms with Crippen LogP contribution in [0.25, 0.3) is 0 Å². The molecule has 6 heteroatoms. The number of anilines is 2. The number of nitrogens with zero attached hydrogens (tertiary/aromatic N) is 2. The predicted octanol–water partition coefficient (Wildman–Crippen LogP) is 4.41. The van der Waals surface area contributed by atoms with Crippen molar-refractivity contribution in [3.63, 3.8) is 0 Å². The van der Waals surface area contributed by atoms with E-state index in [1.807, 2.05) is 54.6 Å². The van der Waals surface area contributed by atoms with Gasteiger partial charge in [-0.1, -0.05) is 42.5 Å². The molecule has 3 aromatic rings. The van der Waals surface area contributed by atoms with Crippen molar-refractivity contribution < 1.29 is 9.72 Å². The van der Waals surface area contributed by atoms with Gasteiger partial charge in [0.25, 0.3) is 11.6 Å². The molecule has 1 aliphatic rings. The number of benzene rings is 3. The molecular weight excluding hydrogens is 342 g/mol. The van der Waals surface area contributed by atoms with Crippen molar-refractivity contribution in [2.45, 2.75) is 6.04 Å². The van der Waals surface area contributed by atoms with E-state index in [9.17, 15) is 14.9 Å². The van der Waals surface area contributed by atoms with Gasteiger partial charge >= 0.3 is 0 Å². The third-order valence-electron chi connectivity index (χ3n) is 4.66. The van der Waals surface area contributed by atoms with Crippen LogP contribution in [-0.2, 0) is 0 Å². The van der Waals surface area contributed by atoms with E-state index < -0.39 is 4.92 Å². The van der Waals surface area contributed by atoms with Crippen LogP contribution in [0.2, 0.25) is 0 Å². The summed E-state index contributed by atoms with van der Waals surface area (Å²) in [6.07, 6.45) is 0. The van der Waals surface area contributed by atoms with Gasteiger partial charge in [0.2, 0.25) is 0 Å². The summed E-state index contributed by atoms with van der Waals surface area (Å²) in [6.45, 7) is 0.469. The smallest absolute Gasteiger partial charge is 0.269 e. The Kier molecular flexibility index (Phi) is 4.30. The fourth-order valence-electron chi connectivity index (χ4n) is 3.29. The molecule has 27 heavy (non-hydrogen) atoms. The summed E-state index contributed by atoms with van der Waals surface area (Å²) >= 11 is 0. The summed E-state index contributed by atoms with van der Waals surface area (Å²) in [4.78, 5) is 25.3. The number of carbonyl (C=O) groups is 1. The van der Waals surface area contributed by atoms with Crippen LogP contribution in [0.3, 0.4) is 0 Å². The molecule has 1 aliphatic heterocycles. The van der Waals surface area contributed by atoms with Crippen molar-refractivity contribution in [2.24, 2.45) is 0 Å². The average Bonchev–Trinajstić information content (AvgIpc) is 2.73. The number of para-hydroxylation sites is 2. The molecule has 0 bridgehead atoms. The number of fused-ring (bicyclic) bond motifs is 1. The number of non-ortho nitro benzene ring substituents is 1. The van der Waals surface area contributed by atoms with Crippen LogP contribution in [-0.4, -0.2) is 17.4 Å². The second-order valence-electron chi connectivity index (χ2n) is 6.34. The Bertz CT molecular complexity index is 987. The molecule has 1 N–H and O–H groups in total. The maximum atomic E-state index is 13.1. The van der Waals surface area contributed by atoms with Crippen LogP contribution in [0.5, 0.6) is 0 Å². The average molecular weight is 359 g/mol. The molecule has 1 unspecified atom stereocenters. The number of amides is 1. The number of rotatable bonds is 3. The largest absolute Gasteiger partial charge is 0.375 e. The van der Waals surface area contributed by atoms with Crippen LogP contribution < -0.4 is 10.2 Å². The molecule has 0 saturated carbocycles. The molecule has 0 radical (unpaired) electrons. The Balaban J connectivity index is 1.69. The van der Waals surface area contributed by atoms with Crippen molar-refractivity contribution in [1.82, 2.24) is 0 Å². The first-order chi connectivity index (χ1) is 13.1. The highest BCUT2D eigenvalue weighted by Crippen LogP contribution is 2.36. The normalized spacial score (nSPS) is 15.6. The van der Waals surface area contributed by atoms with E-state index in [2.05, 4.69) is 5.32 Å². The zero-order valence-corrected chi connectivity index (χ0v) is 14.4. The number of hydrogen-bond donors (Lipinski definition) is 1. The number of hydrogen-bond acceptors (Lipinski definition) is 4. The monoisotopic (exact) mass is 359 g/mol. The maximum Gasteiger partial charge on any atom is 0.269 e. The first-order valence-corrected chi connectivity index (χ1v) is 8.60. The van der Waals surface area contributed by atoms with Gasteiger partial charge in [-0.05, 0) is 29.8 Å². The van der Waals surface area contributed by atoms with Crippen molar-refractivity contribution in [1.29, 1.82) is 0 Å². The second kappa shape index (κ2) is 6.92. The SMILES string of the molecule is O=C(c1ccc([N+](=O)[O-])cc1)N1CC(c2ccccc2)Nc2ccccc21. The molecule has 1 amide bonds. The lowest BCUT2D eigenvalue weighted by atomic mass is 10.0. The Morgan fingerprint density at radius 3 is 2.33 bits per heavy atom. The van der Waals surface area contributed by atoms with E-state index in [1.54, 1.807) is 4.90 Å². The summed E-state index contributed by atoms with van der Waals surface area (Å²) < 4.78 is 0. The summed E-state index contributed by atoms with van der Waals surface area (Å²) in [5.74, 6) is -0.181. The Hall–Kier alpha value is -3.67. The molecule has 0 saturated heterocycles. The minimum absolute atomic E-state index is 0.0329. The molecular formula is C21H17N3O3. The summed E-state index contributed by atoms with van der Waals surface area (Å²) in [7, 11) is 0. The van der Waals surface area contributed by atoms with Crippen molar-refractivity contribution >= 4 is 23.0 Å². The van der Waals surface area contributed by atoms with Gasteiger partial charge in [-0.2, -0.15) is 0 Å². The molecule has 0 aliphatic carbocycles. The van der Waals surface area contributed by atoms with Gasteiger partial charge in [-0.15, -0.1) is 0 Å². The summed E-state index contributed by atoms with van der Waals surface area (Å²) in [5.41, 5.74) is 3.16. The van der Waals surface area contributed by atoms with Gasteiger partial charge in [0.1, 0.15) is 0 Å². The van der Waals surface area contributed by atoms with E-state index in [0.29, 0.717) is 12.1 Å². The molecule has 1 atom stereocenters. The zero-order valence-electron chi connectivity index (χ0n) is 14.4. The lowest BCUT2D eigenvalue weighted by Crippen LogP contribution is -2.40. The third kappa shape index (κ3) is 3.25. The van der Waals surface area contributed by atoms with Crippen LogP contribution in [0.15, 0.2) is 78.9 Å². The lowest BCUT2D eigenvalue weighted by molar-refractivity contribution is -0.384. The molecule has 4 rings (SSSR count). The van der Waals surface area contributed by atoms with E-state index in [-0.39, 0.29) is 17.6 Å². The topological polar surface area (TPSA) is 75.5 Å². The van der Waals surface area contributed by atoms with Gasteiger partial charge in [0.15, 0.2) is 0 Å². The molecule has 0 spiro atoms. The van der Waals surface area contributed by atoms with E-state index in [1.165, 1.54) is 24.3 Å². The van der Waals surface area contributed by atoms with Crippen molar-refractivity contribution in [2.75, 3.05) is 16.8 Å². The maximum absolute atomic E-state index is 13.1. The highest BCUT2D eigenvalue weighted by atomic mass is 16.6. The van der Waals surface area contributed by atoms with Crippen LogP contribution >= 0.6 is 0 Å². The molecule has 3 aromatic carbocycles. The molecule has 0 aromatic heterocycles. The Labute approximate surface area is 156 Å². The highest BCUT2D eigenvalue weighted by Gasteiger charge is 2.29. The molecule has 1 heterocycles. The van der Waals surface area contributed by atoms with Crippen LogP contribution in [0.4, 0.5) is 17.1 Å². The number of nitro benzene ring substituents is 1. The minimum Gasteiger partial charge on any atom is -0.375 e.